The number of halogens is 3. The maximum absolute atomic E-state index is 13.7. The molecule has 0 fully saturated rings. The Hall–Kier alpha value is -0.910. The standard InChI is InChI=1S/C16H16Br2FNO/c1-3-20-16(12-6-4-10(17)8-14(12)18)13-9-11(19)5-7-15(13)21-2/h4-9,16,20H,3H2,1-2H3. The van der Waals surface area contributed by atoms with Gasteiger partial charge in [-0.2, -0.15) is 0 Å². The molecule has 0 amide bonds. The van der Waals surface area contributed by atoms with Crippen molar-refractivity contribution in [1.82, 2.24) is 5.32 Å². The zero-order valence-electron chi connectivity index (χ0n) is 11.8. The van der Waals surface area contributed by atoms with Gasteiger partial charge >= 0.3 is 0 Å². The van der Waals surface area contributed by atoms with Gasteiger partial charge in [-0.3, -0.25) is 0 Å². The summed E-state index contributed by atoms with van der Waals surface area (Å²) in [7, 11) is 1.59. The first kappa shape index (κ1) is 16.5. The molecule has 0 aliphatic heterocycles. The molecular formula is C16H16Br2FNO. The maximum Gasteiger partial charge on any atom is 0.124 e. The third-order valence-electron chi connectivity index (χ3n) is 3.18. The lowest BCUT2D eigenvalue weighted by Gasteiger charge is -2.22. The molecule has 0 aliphatic rings. The van der Waals surface area contributed by atoms with E-state index in [0.717, 1.165) is 26.6 Å². The van der Waals surface area contributed by atoms with Crippen LogP contribution in [0.2, 0.25) is 0 Å². The molecule has 2 nitrogen and oxygen atoms in total. The number of benzene rings is 2. The van der Waals surface area contributed by atoms with E-state index < -0.39 is 0 Å². The first-order valence-electron chi connectivity index (χ1n) is 6.58. The number of ether oxygens (including phenoxy) is 1. The summed E-state index contributed by atoms with van der Waals surface area (Å²) in [5.74, 6) is 0.388. The van der Waals surface area contributed by atoms with Gasteiger partial charge in [0.1, 0.15) is 11.6 Å². The topological polar surface area (TPSA) is 21.3 Å². The van der Waals surface area contributed by atoms with Gasteiger partial charge in [-0.05, 0) is 42.4 Å². The molecule has 0 saturated carbocycles. The van der Waals surface area contributed by atoms with Gasteiger partial charge in [0.15, 0.2) is 0 Å². The Labute approximate surface area is 141 Å². The van der Waals surface area contributed by atoms with Crippen LogP contribution in [0.3, 0.4) is 0 Å². The smallest absolute Gasteiger partial charge is 0.124 e. The number of nitrogens with one attached hydrogen (secondary N) is 1. The molecule has 0 aliphatic carbocycles. The van der Waals surface area contributed by atoms with E-state index in [1.165, 1.54) is 12.1 Å². The van der Waals surface area contributed by atoms with Crippen molar-refractivity contribution in [3.05, 3.63) is 62.3 Å². The highest BCUT2D eigenvalue weighted by atomic mass is 79.9. The van der Waals surface area contributed by atoms with Crippen LogP contribution in [0.15, 0.2) is 45.3 Å². The summed E-state index contributed by atoms with van der Waals surface area (Å²) < 4.78 is 21.0. The Morgan fingerprint density at radius 2 is 1.90 bits per heavy atom. The summed E-state index contributed by atoms with van der Waals surface area (Å²) in [5.41, 5.74) is 1.81. The maximum atomic E-state index is 13.7. The average Bonchev–Trinajstić information content (AvgIpc) is 2.45. The Bertz CT molecular complexity index is 634. The van der Waals surface area contributed by atoms with E-state index in [0.29, 0.717) is 5.75 Å². The molecule has 0 bridgehead atoms. The van der Waals surface area contributed by atoms with Crippen LogP contribution >= 0.6 is 31.9 Å². The van der Waals surface area contributed by atoms with Crippen LogP contribution in [0, 0.1) is 5.82 Å². The molecular weight excluding hydrogens is 401 g/mol. The van der Waals surface area contributed by atoms with Crippen molar-refractivity contribution in [2.45, 2.75) is 13.0 Å². The summed E-state index contributed by atoms with van der Waals surface area (Å²) in [6, 6.07) is 10.4. The fourth-order valence-corrected chi connectivity index (χ4v) is 3.53. The Morgan fingerprint density at radius 1 is 1.14 bits per heavy atom. The summed E-state index contributed by atoms with van der Waals surface area (Å²) in [5, 5.41) is 3.39. The Kier molecular flexibility index (Phi) is 5.79. The van der Waals surface area contributed by atoms with Crippen LogP contribution in [0.4, 0.5) is 4.39 Å². The van der Waals surface area contributed by atoms with Crippen LogP contribution in [-0.2, 0) is 0 Å². The second-order valence-corrected chi connectivity index (χ2v) is 6.31. The molecule has 5 heteroatoms. The van der Waals surface area contributed by atoms with E-state index in [2.05, 4.69) is 37.2 Å². The fraction of sp³-hybridized carbons (Fsp3) is 0.250. The lowest BCUT2D eigenvalue weighted by Crippen LogP contribution is -2.23. The van der Waals surface area contributed by atoms with Crippen molar-refractivity contribution in [3.63, 3.8) is 0 Å². The second kappa shape index (κ2) is 7.38. The summed E-state index contributed by atoms with van der Waals surface area (Å²) >= 11 is 7.02. The third-order valence-corrected chi connectivity index (χ3v) is 4.36. The van der Waals surface area contributed by atoms with Crippen molar-refractivity contribution in [2.75, 3.05) is 13.7 Å². The van der Waals surface area contributed by atoms with E-state index >= 15 is 0 Å². The molecule has 1 atom stereocenters. The Morgan fingerprint density at radius 3 is 2.52 bits per heavy atom. The predicted molar refractivity (Wildman–Crippen MR) is 90.3 cm³/mol. The van der Waals surface area contributed by atoms with Gasteiger partial charge < -0.3 is 10.1 Å². The third kappa shape index (κ3) is 3.84. The number of hydrogen-bond donors (Lipinski definition) is 1. The summed E-state index contributed by atoms with van der Waals surface area (Å²) in [4.78, 5) is 0. The molecule has 2 aromatic carbocycles. The first-order valence-corrected chi connectivity index (χ1v) is 8.17. The monoisotopic (exact) mass is 415 g/mol. The van der Waals surface area contributed by atoms with Crippen molar-refractivity contribution in [2.24, 2.45) is 0 Å². The minimum atomic E-state index is -0.276. The lowest BCUT2D eigenvalue weighted by molar-refractivity contribution is 0.402. The minimum absolute atomic E-state index is 0.150. The van der Waals surface area contributed by atoms with Gasteiger partial charge in [0.05, 0.1) is 13.2 Å². The zero-order chi connectivity index (χ0) is 15.4. The zero-order valence-corrected chi connectivity index (χ0v) is 15.0. The first-order chi connectivity index (χ1) is 10.1. The van der Waals surface area contributed by atoms with Gasteiger partial charge in [-0.15, -0.1) is 0 Å². The van der Waals surface area contributed by atoms with Crippen molar-refractivity contribution in [1.29, 1.82) is 0 Å². The molecule has 112 valence electrons. The molecule has 1 unspecified atom stereocenters. The highest BCUT2D eigenvalue weighted by molar-refractivity contribution is 9.11. The van der Waals surface area contributed by atoms with Gasteiger partial charge in [0.25, 0.3) is 0 Å². The van der Waals surface area contributed by atoms with Gasteiger partial charge in [-0.1, -0.05) is 44.8 Å². The summed E-state index contributed by atoms with van der Waals surface area (Å²) in [6.07, 6.45) is 0. The molecule has 0 saturated heterocycles. The summed E-state index contributed by atoms with van der Waals surface area (Å²) in [6.45, 7) is 2.78. The lowest BCUT2D eigenvalue weighted by atomic mass is 9.97. The average molecular weight is 417 g/mol. The van der Waals surface area contributed by atoms with Crippen molar-refractivity contribution < 1.29 is 9.13 Å². The fourth-order valence-electron chi connectivity index (χ4n) is 2.26. The number of rotatable bonds is 5. The quantitative estimate of drug-likeness (QED) is 0.735. The van der Waals surface area contributed by atoms with Crippen LogP contribution in [0.1, 0.15) is 24.1 Å². The molecule has 0 spiro atoms. The molecule has 1 N–H and O–H groups in total. The minimum Gasteiger partial charge on any atom is -0.496 e. The Balaban J connectivity index is 2.55. The molecule has 0 aromatic heterocycles. The van der Waals surface area contributed by atoms with Crippen LogP contribution in [0.5, 0.6) is 5.75 Å². The van der Waals surface area contributed by atoms with E-state index in [1.54, 1.807) is 13.2 Å². The van der Waals surface area contributed by atoms with Crippen molar-refractivity contribution in [3.8, 4) is 5.75 Å². The molecule has 21 heavy (non-hydrogen) atoms. The van der Waals surface area contributed by atoms with E-state index in [9.17, 15) is 4.39 Å². The van der Waals surface area contributed by atoms with Crippen molar-refractivity contribution >= 4 is 31.9 Å². The van der Waals surface area contributed by atoms with Gasteiger partial charge in [-0.25, -0.2) is 4.39 Å². The van der Waals surface area contributed by atoms with E-state index in [4.69, 9.17) is 4.74 Å². The highest BCUT2D eigenvalue weighted by Gasteiger charge is 2.20. The van der Waals surface area contributed by atoms with E-state index in [1.807, 2.05) is 25.1 Å². The van der Waals surface area contributed by atoms with Crippen LogP contribution in [0.25, 0.3) is 0 Å². The normalized spacial score (nSPS) is 12.2. The molecule has 2 aromatic rings. The highest BCUT2D eigenvalue weighted by Crippen LogP contribution is 2.35. The second-order valence-electron chi connectivity index (χ2n) is 4.54. The molecule has 0 radical (unpaired) electrons. The number of methoxy groups -OCH3 is 1. The molecule has 2 rings (SSSR count). The van der Waals surface area contributed by atoms with Crippen LogP contribution < -0.4 is 10.1 Å². The van der Waals surface area contributed by atoms with E-state index in [-0.39, 0.29) is 11.9 Å². The molecule has 0 heterocycles. The van der Waals surface area contributed by atoms with Gasteiger partial charge in [0.2, 0.25) is 0 Å². The number of hydrogen-bond acceptors (Lipinski definition) is 2. The predicted octanol–water partition coefficient (Wildman–Crippen LogP) is 5.06. The van der Waals surface area contributed by atoms with Gasteiger partial charge in [0, 0.05) is 14.5 Å². The SMILES string of the molecule is CCNC(c1ccc(Br)cc1Br)c1cc(F)ccc1OC. The largest absolute Gasteiger partial charge is 0.496 e. The van der Waals surface area contributed by atoms with Crippen LogP contribution in [-0.4, -0.2) is 13.7 Å².